The first-order chi connectivity index (χ1) is 10.1. The minimum absolute atomic E-state index is 0.114. The number of rotatable bonds is 4. The van der Waals surface area contributed by atoms with Crippen LogP contribution >= 0.6 is 0 Å². The van der Waals surface area contributed by atoms with E-state index in [-0.39, 0.29) is 17.8 Å². The molecule has 4 N–H and O–H groups in total. The molecule has 1 unspecified atom stereocenters. The molecule has 0 aliphatic carbocycles. The van der Waals surface area contributed by atoms with Crippen molar-refractivity contribution < 1.29 is 9.90 Å². The lowest BCUT2D eigenvalue weighted by Crippen LogP contribution is -2.24. The summed E-state index contributed by atoms with van der Waals surface area (Å²) in [6.45, 7) is 2.04. The van der Waals surface area contributed by atoms with Gasteiger partial charge >= 0.3 is 6.03 Å². The summed E-state index contributed by atoms with van der Waals surface area (Å²) in [5.74, 6) is 0.260. The third-order valence-corrected chi connectivity index (χ3v) is 3.15. The average Bonchev–Trinajstić information content (AvgIpc) is 2.49. The van der Waals surface area contributed by atoms with Gasteiger partial charge in [0.2, 0.25) is 0 Å². The van der Waals surface area contributed by atoms with Gasteiger partial charge in [0.1, 0.15) is 5.75 Å². The predicted octanol–water partition coefficient (Wildman–Crippen LogP) is 3.32. The lowest BCUT2D eigenvalue weighted by atomic mass is 10.1. The van der Waals surface area contributed by atoms with Crippen molar-refractivity contribution in [3.8, 4) is 5.75 Å². The Kier molecular flexibility index (Phi) is 4.66. The Morgan fingerprint density at radius 1 is 1.00 bits per heavy atom. The fraction of sp³-hybridized carbons (Fsp3) is 0.188. The van der Waals surface area contributed by atoms with Gasteiger partial charge < -0.3 is 21.1 Å². The van der Waals surface area contributed by atoms with E-state index in [0.717, 1.165) is 16.9 Å². The standard InChI is InChI=1S/C16H19N3O2/c1-11(12-3-9-15(20)10-4-12)18-13-5-7-14(8-6-13)19-16(21)17-2/h3-11,18,20H,1-2H3,(H2,17,19,21). The quantitative estimate of drug-likeness (QED) is 0.696. The molecule has 0 saturated heterocycles. The first-order valence-electron chi connectivity index (χ1n) is 6.73. The molecule has 0 saturated carbocycles. The van der Waals surface area contributed by atoms with Crippen molar-refractivity contribution in [2.75, 3.05) is 17.7 Å². The largest absolute Gasteiger partial charge is 0.508 e. The number of amides is 2. The van der Waals surface area contributed by atoms with Gasteiger partial charge in [0, 0.05) is 24.5 Å². The van der Waals surface area contributed by atoms with E-state index in [1.54, 1.807) is 19.2 Å². The summed E-state index contributed by atoms with van der Waals surface area (Å²) in [5, 5.41) is 17.9. The minimum atomic E-state index is -0.242. The predicted molar refractivity (Wildman–Crippen MR) is 84.7 cm³/mol. The molecule has 0 aromatic heterocycles. The fourth-order valence-electron chi connectivity index (χ4n) is 1.94. The van der Waals surface area contributed by atoms with Crippen LogP contribution in [0.4, 0.5) is 16.2 Å². The van der Waals surface area contributed by atoms with E-state index in [9.17, 15) is 9.90 Å². The molecular formula is C16H19N3O2. The number of aromatic hydroxyl groups is 1. The summed E-state index contributed by atoms with van der Waals surface area (Å²) in [6, 6.07) is 14.5. The highest BCUT2D eigenvalue weighted by Gasteiger charge is 2.05. The van der Waals surface area contributed by atoms with Crippen LogP contribution in [-0.4, -0.2) is 18.2 Å². The molecule has 0 heterocycles. The molecule has 0 spiro atoms. The molecule has 2 rings (SSSR count). The second kappa shape index (κ2) is 6.65. The molecule has 110 valence electrons. The van der Waals surface area contributed by atoms with E-state index in [4.69, 9.17) is 0 Å². The monoisotopic (exact) mass is 285 g/mol. The van der Waals surface area contributed by atoms with Crippen molar-refractivity contribution in [3.63, 3.8) is 0 Å². The molecule has 0 radical (unpaired) electrons. The summed E-state index contributed by atoms with van der Waals surface area (Å²) in [5.41, 5.74) is 2.77. The van der Waals surface area contributed by atoms with Crippen LogP contribution in [0.25, 0.3) is 0 Å². The molecule has 0 bridgehead atoms. The molecule has 0 fully saturated rings. The average molecular weight is 285 g/mol. The third kappa shape index (κ3) is 4.14. The van der Waals surface area contributed by atoms with Crippen LogP contribution in [0.3, 0.4) is 0 Å². The van der Waals surface area contributed by atoms with Crippen molar-refractivity contribution in [2.24, 2.45) is 0 Å². The van der Waals surface area contributed by atoms with Crippen molar-refractivity contribution in [2.45, 2.75) is 13.0 Å². The van der Waals surface area contributed by atoms with Crippen LogP contribution in [0.1, 0.15) is 18.5 Å². The molecule has 2 aromatic rings. The van der Waals surface area contributed by atoms with E-state index in [1.807, 2.05) is 43.3 Å². The zero-order valence-corrected chi connectivity index (χ0v) is 12.1. The lowest BCUT2D eigenvalue weighted by molar-refractivity contribution is 0.254. The number of hydrogen-bond donors (Lipinski definition) is 4. The number of urea groups is 1. The van der Waals surface area contributed by atoms with Gasteiger partial charge in [0.15, 0.2) is 0 Å². The van der Waals surface area contributed by atoms with Crippen LogP contribution in [-0.2, 0) is 0 Å². The van der Waals surface area contributed by atoms with Crippen LogP contribution < -0.4 is 16.0 Å². The molecular weight excluding hydrogens is 266 g/mol. The Morgan fingerprint density at radius 2 is 1.57 bits per heavy atom. The van der Waals surface area contributed by atoms with Gasteiger partial charge in [0.25, 0.3) is 0 Å². The van der Waals surface area contributed by atoms with E-state index >= 15 is 0 Å². The Labute approximate surface area is 124 Å². The van der Waals surface area contributed by atoms with E-state index in [0.29, 0.717) is 0 Å². The number of phenolic OH excluding ortho intramolecular Hbond substituents is 1. The highest BCUT2D eigenvalue weighted by atomic mass is 16.3. The van der Waals surface area contributed by atoms with Gasteiger partial charge in [-0.2, -0.15) is 0 Å². The number of carbonyl (C=O) groups is 1. The number of nitrogens with one attached hydrogen (secondary N) is 3. The summed E-state index contributed by atoms with van der Waals surface area (Å²) < 4.78 is 0. The lowest BCUT2D eigenvalue weighted by Gasteiger charge is -2.16. The van der Waals surface area contributed by atoms with Crippen LogP contribution in [0.5, 0.6) is 5.75 Å². The molecule has 0 aliphatic rings. The molecule has 21 heavy (non-hydrogen) atoms. The first-order valence-corrected chi connectivity index (χ1v) is 6.73. The number of hydrogen-bond acceptors (Lipinski definition) is 3. The SMILES string of the molecule is CNC(=O)Nc1ccc(NC(C)c2ccc(O)cc2)cc1. The van der Waals surface area contributed by atoms with Gasteiger partial charge in [-0.25, -0.2) is 4.79 Å². The Morgan fingerprint density at radius 3 is 2.14 bits per heavy atom. The number of phenols is 1. The van der Waals surface area contributed by atoms with Gasteiger partial charge in [-0.1, -0.05) is 12.1 Å². The zero-order valence-electron chi connectivity index (χ0n) is 12.1. The third-order valence-electron chi connectivity index (χ3n) is 3.15. The van der Waals surface area contributed by atoms with Crippen LogP contribution in [0.15, 0.2) is 48.5 Å². The maximum Gasteiger partial charge on any atom is 0.318 e. The fourth-order valence-corrected chi connectivity index (χ4v) is 1.94. The molecule has 5 nitrogen and oxygen atoms in total. The van der Waals surface area contributed by atoms with Crippen molar-refractivity contribution in [3.05, 3.63) is 54.1 Å². The topological polar surface area (TPSA) is 73.4 Å². The molecule has 0 aliphatic heterocycles. The van der Waals surface area contributed by atoms with E-state index in [1.165, 1.54) is 0 Å². The van der Waals surface area contributed by atoms with Crippen LogP contribution in [0, 0.1) is 0 Å². The van der Waals surface area contributed by atoms with Crippen molar-refractivity contribution in [1.29, 1.82) is 0 Å². The number of anilines is 2. The summed E-state index contributed by atoms with van der Waals surface area (Å²) >= 11 is 0. The van der Waals surface area contributed by atoms with Crippen molar-refractivity contribution >= 4 is 17.4 Å². The Hall–Kier alpha value is -2.69. The summed E-state index contributed by atoms with van der Waals surface area (Å²) in [7, 11) is 1.57. The van der Waals surface area contributed by atoms with Gasteiger partial charge in [0.05, 0.1) is 0 Å². The maximum absolute atomic E-state index is 11.2. The Balaban J connectivity index is 1.99. The second-order valence-corrected chi connectivity index (χ2v) is 4.74. The molecule has 2 amide bonds. The van der Waals surface area contributed by atoms with E-state index < -0.39 is 0 Å². The normalized spacial score (nSPS) is 11.5. The van der Waals surface area contributed by atoms with Gasteiger partial charge in [-0.3, -0.25) is 0 Å². The van der Waals surface area contributed by atoms with Crippen molar-refractivity contribution in [1.82, 2.24) is 5.32 Å². The van der Waals surface area contributed by atoms with Gasteiger partial charge in [-0.15, -0.1) is 0 Å². The molecule has 5 heteroatoms. The second-order valence-electron chi connectivity index (χ2n) is 4.74. The molecule has 2 aromatic carbocycles. The maximum atomic E-state index is 11.2. The van der Waals surface area contributed by atoms with Crippen LogP contribution in [0.2, 0.25) is 0 Å². The highest BCUT2D eigenvalue weighted by Crippen LogP contribution is 2.22. The number of carbonyl (C=O) groups excluding carboxylic acids is 1. The zero-order chi connectivity index (χ0) is 15.2. The van der Waals surface area contributed by atoms with Gasteiger partial charge in [-0.05, 0) is 48.9 Å². The minimum Gasteiger partial charge on any atom is -0.508 e. The number of benzene rings is 2. The first kappa shape index (κ1) is 14.7. The summed E-state index contributed by atoms with van der Waals surface area (Å²) in [6.07, 6.45) is 0. The Bertz CT molecular complexity index is 594. The smallest absolute Gasteiger partial charge is 0.318 e. The highest BCUT2D eigenvalue weighted by molar-refractivity contribution is 5.89. The van der Waals surface area contributed by atoms with E-state index in [2.05, 4.69) is 16.0 Å². The summed E-state index contributed by atoms with van der Waals surface area (Å²) in [4.78, 5) is 11.2. The molecule has 1 atom stereocenters.